The van der Waals surface area contributed by atoms with Gasteiger partial charge in [0.05, 0.1) is 6.61 Å². The Morgan fingerprint density at radius 2 is 1.06 bits per heavy atom. The molecule has 190 valence electrons. The molecule has 0 radical (unpaired) electrons. The molecular weight excluding hydrogens is 408 g/mol. The number of rotatable bonds is 21. The van der Waals surface area contributed by atoms with Gasteiger partial charge in [-0.3, -0.25) is 4.79 Å². The van der Waals surface area contributed by atoms with E-state index < -0.39 is 0 Å². The zero-order valence-corrected chi connectivity index (χ0v) is 21.9. The molecule has 0 saturated heterocycles. The number of allylic oxidation sites excluding steroid dienone is 8. The van der Waals surface area contributed by atoms with Gasteiger partial charge in [-0.15, -0.1) is 0 Å². The molecular formula is C30H52O3. The van der Waals surface area contributed by atoms with E-state index in [0.717, 1.165) is 38.4 Å². The maximum absolute atomic E-state index is 10.5. The first kappa shape index (κ1) is 33.3. The average Bonchev–Trinajstić information content (AvgIpc) is 2.81. The molecule has 33 heavy (non-hydrogen) atoms. The molecule has 0 amide bonds. The Hall–Kier alpha value is -1.90. The average molecular weight is 461 g/mol. The van der Waals surface area contributed by atoms with Crippen molar-refractivity contribution < 1.29 is 14.3 Å². The minimum atomic E-state index is -0.164. The first-order valence-electron chi connectivity index (χ1n) is 13.4. The first-order valence-corrected chi connectivity index (χ1v) is 13.4. The maximum atomic E-state index is 10.5. The second-order valence-electron chi connectivity index (χ2n) is 8.32. The Kier molecular flexibility index (Phi) is 32.5. The fourth-order valence-corrected chi connectivity index (χ4v) is 3.04. The molecule has 0 N–H and O–H groups in total. The molecule has 0 aromatic heterocycles. The molecule has 0 saturated carbocycles. The molecule has 3 heteroatoms. The fourth-order valence-electron chi connectivity index (χ4n) is 3.04. The summed E-state index contributed by atoms with van der Waals surface area (Å²) in [5, 5.41) is 0. The number of hydrogen-bond donors (Lipinski definition) is 0. The largest absolute Gasteiger partial charge is 0.466 e. The lowest BCUT2D eigenvalue weighted by atomic mass is 10.1. The molecule has 0 unspecified atom stereocenters. The number of ether oxygens (including phenoxy) is 1. The molecule has 0 aliphatic carbocycles. The van der Waals surface area contributed by atoms with Gasteiger partial charge in [-0.1, -0.05) is 107 Å². The number of esters is 1. The summed E-state index contributed by atoms with van der Waals surface area (Å²) in [5.41, 5.74) is 0. The van der Waals surface area contributed by atoms with Crippen LogP contribution in [0.3, 0.4) is 0 Å². The Morgan fingerprint density at radius 1 is 0.606 bits per heavy atom. The molecule has 0 aliphatic heterocycles. The lowest BCUT2D eigenvalue weighted by Crippen LogP contribution is -1.99. The molecule has 0 bridgehead atoms. The highest BCUT2D eigenvalue weighted by Crippen LogP contribution is 2.09. The van der Waals surface area contributed by atoms with Crippen LogP contribution in [0.1, 0.15) is 124 Å². The van der Waals surface area contributed by atoms with E-state index in [1.54, 1.807) is 0 Å². The van der Waals surface area contributed by atoms with Crippen molar-refractivity contribution in [3.8, 4) is 0 Å². The summed E-state index contributed by atoms with van der Waals surface area (Å²) in [5.74, 6) is -0.164. The fraction of sp³-hybridized carbons (Fsp3) is 0.667. The summed E-state index contributed by atoms with van der Waals surface area (Å²) in [7, 11) is 0. The van der Waals surface area contributed by atoms with Crippen molar-refractivity contribution >= 4 is 12.3 Å². The predicted molar refractivity (Wildman–Crippen MR) is 144 cm³/mol. The van der Waals surface area contributed by atoms with Crippen LogP contribution in [0.4, 0.5) is 0 Å². The third-order valence-corrected chi connectivity index (χ3v) is 4.97. The summed E-state index contributed by atoms with van der Waals surface area (Å²) < 4.78 is 4.90. The van der Waals surface area contributed by atoms with E-state index in [1.807, 2.05) is 0 Å². The van der Waals surface area contributed by atoms with Crippen molar-refractivity contribution in [3.05, 3.63) is 48.6 Å². The topological polar surface area (TPSA) is 43.4 Å². The van der Waals surface area contributed by atoms with Crippen LogP contribution in [-0.4, -0.2) is 18.9 Å². The summed E-state index contributed by atoms with van der Waals surface area (Å²) in [6.45, 7) is 6.38. The van der Waals surface area contributed by atoms with Gasteiger partial charge < -0.3 is 9.53 Å². The molecule has 0 rings (SSSR count). The smallest absolute Gasteiger partial charge is 0.302 e. The number of hydrogen-bond acceptors (Lipinski definition) is 3. The van der Waals surface area contributed by atoms with E-state index in [9.17, 15) is 9.59 Å². The van der Waals surface area contributed by atoms with Crippen molar-refractivity contribution in [1.29, 1.82) is 0 Å². The van der Waals surface area contributed by atoms with Crippen molar-refractivity contribution in [1.82, 2.24) is 0 Å². The van der Waals surface area contributed by atoms with Gasteiger partial charge in [0.25, 0.3) is 0 Å². The van der Waals surface area contributed by atoms with Gasteiger partial charge in [-0.05, 0) is 51.4 Å². The Labute approximate surface area is 205 Å². The Balaban J connectivity index is 0. The van der Waals surface area contributed by atoms with Crippen LogP contribution in [-0.2, 0) is 14.3 Å². The maximum Gasteiger partial charge on any atom is 0.302 e. The zero-order chi connectivity index (χ0) is 24.7. The Bertz CT molecular complexity index is 515. The van der Waals surface area contributed by atoms with Gasteiger partial charge in [0, 0.05) is 13.3 Å². The SMILES string of the molecule is CC/C=C\C=C\CCCCCC=O.CCC/C=C\C=C\CCCCCCCCCOC(C)=O. The van der Waals surface area contributed by atoms with Crippen LogP contribution >= 0.6 is 0 Å². The minimum absolute atomic E-state index is 0.164. The van der Waals surface area contributed by atoms with E-state index in [2.05, 4.69) is 62.5 Å². The number of carbonyl (C=O) groups is 2. The standard InChI is InChI=1S/C18H32O2.C12H20O/c1-3-4-5-6-7-8-9-10-11-12-13-14-15-16-17-20-18(2)19;1-2-3-4-5-6-7-8-9-10-11-12-13/h5-8H,3-4,9-17H2,1-2H3;3-6,12H,2,7-11H2,1H3/b6-5-,8-7+;4-3-,6-5+. The van der Waals surface area contributed by atoms with E-state index in [0.29, 0.717) is 6.61 Å². The number of unbranched alkanes of at least 4 members (excludes halogenated alkanes) is 12. The monoisotopic (exact) mass is 460 g/mol. The van der Waals surface area contributed by atoms with Crippen LogP contribution in [0.15, 0.2) is 48.6 Å². The van der Waals surface area contributed by atoms with Gasteiger partial charge in [-0.25, -0.2) is 0 Å². The summed E-state index contributed by atoms with van der Waals surface area (Å²) in [4.78, 5) is 20.5. The van der Waals surface area contributed by atoms with E-state index in [4.69, 9.17) is 4.74 Å². The van der Waals surface area contributed by atoms with E-state index >= 15 is 0 Å². The highest BCUT2D eigenvalue weighted by molar-refractivity contribution is 5.65. The lowest BCUT2D eigenvalue weighted by Gasteiger charge is -2.02. The van der Waals surface area contributed by atoms with E-state index in [-0.39, 0.29) is 5.97 Å². The molecule has 0 spiro atoms. The Morgan fingerprint density at radius 3 is 1.58 bits per heavy atom. The van der Waals surface area contributed by atoms with Crippen LogP contribution in [0.25, 0.3) is 0 Å². The molecule has 0 aromatic rings. The summed E-state index contributed by atoms with van der Waals surface area (Å²) in [6, 6.07) is 0. The molecule has 0 fully saturated rings. The highest BCUT2D eigenvalue weighted by atomic mass is 16.5. The molecule has 3 nitrogen and oxygen atoms in total. The third kappa shape index (κ3) is 37.7. The van der Waals surface area contributed by atoms with Gasteiger partial charge >= 0.3 is 5.97 Å². The number of carbonyl (C=O) groups excluding carboxylic acids is 2. The number of aldehydes is 1. The quantitative estimate of drug-likeness (QED) is 0.0741. The van der Waals surface area contributed by atoms with E-state index in [1.165, 1.54) is 77.6 Å². The third-order valence-electron chi connectivity index (χ3n) is 4.97. The summed E-state index contributed by atoms with van der Waals surface area (Å²) >= 11 is 0. The van der Waals surface area contributed by atoms with Gasteiger partial charge in [0.2, 0.25) is 0 Å². The second-order valence-corrected chi connectivity index (χ2v) is 8.32. The van der Waals surface area contributed by atoms with Gasteiger partial charge in [0.1, 0.15) is 6.29 Å². The molecule has 0 heterocycles. The van der Waals surface area contributed by atoms with Crippen LogP contribution in [0, 0.1) is 0 Å². The normalized spacial score (nSPS) is 11.5. The van der Waals surface area contributed by atoms with Crippen LogP contribution in [0.5, 0.6) is 0 Å². The minimum Gasteiger partial charge on any atom is -0.466 e. The lowest BCUT2D eigenvalue weighted by molar-refractivity contribution is -0.141. The van der Waals surface area contributed by atoms with Crippen LogP contribution < -0.4 is 0 Å². The zero-order valence-electron chi connectivity index (χ0n) is 21.9. The van der Waals surface area contributed by atoms with Crippen molar-refractivity contribution in [2.24, 2.45) is 0 Å². The predicted octanol–water partition coefficient (Wildman–Crippen LogP) is 9.24. The van der Waals surface area contributed by atoms with Crippen molar-refractivity contribution in [2.75, 3.05) is 6.61 Å². The molecule has 0 aliphatic rings. The summed E-state index contributed by atoms with van der Waals surface area (Å²) in [6.07, 6.45) is 37.0. The molecule has 0 atom stereocenters. The first-order chi connectivity index (χ1) is 16.2. The second kappa shape index (κ2) is 32.3. The van der Waals surface area contributed by atoms with Gasteiger partial charge in [-0.2, -0.15) is 0 Å². The molecule has 0 aromatic carbocycles. The highest BCUT2D eigenvalue weighted by Gasteiger charge is 1.94. The van der Waals surface area contributed by atoms with Crippen molar-refractivity contribution in [3.63, 3.8) is 0 Å². The van der Waals surface area contributed by atoms with Crippen molar-refractivity contribution in [2.45, 2.75) is 124 Å². The van der Waals surface area contributed by atoms with Crippen LogP contribution in [0.2, 0.25) is 0 Å². The van der Waals surface area contributed by atoms with Gasteiger partial charge in [0.15, 0.2) is 0 Å².